The van der Waals surface area contributed by atoms with Crippen LogP contribution in [0.5, 0.6) is 0 Å². The average Bonchev–Trinajstić information content (AvgIpc) is 3.28. The van der Waals surface area contributed by atoms with E-state index in [9.17, 15) is 19.2 Å². The van der Waals surface area contributed by atoms with E-state index in [1.807, 2.05) is 30.3 Å². The van der Waals surface area contributed by atoms with Crippen LogP contribution in [-0.2, 0) is 11.3 Å². The molecule has 0 saturated carbocycles. The van der Waals surface area contributed by atoms with Crippen molar-refractivity contribution >= 4 is 23.5 Å². The van der Waals surface area contributed by atoms with E-state index < -0.39 is 29.8 Å². The second kappa shape index (κ2) is 10.0. The van der Waals surface area contributed by atoms with Crippen molar-refractivity contribution in [3.63, 3.8) is 0 Å². The van der Waals surface area contributed by atoms with Gasteiger partial charge >= 0.3 is 6.09 Å². The second-order valence-corrected chi connectivity index (χ2v) is 7.95. The number of amides is 2. The Balaban J connectivity index is 1.52. The molecule has 0 radical (unpaired) electrons. The van der Waals surface area contributed by atoms with Crippen LogP contribution in [0, 0.1) is 23.1 Å². The van der Waals surface area contributed by atoms with E-state index in [1.54, 1.807) is 0 Å². The van der Waals surface area contributed by atoms with E-state index in [-0.39, 0.29) is 24.5 Å². The molecular formula is C24H23FN6O3. The Morgan fingerprint density at radius 2 is 1.94 bits per heavy atom. The molecule has 1 saturated heterocycles. The minimum Gasteiger partial charge on any atom is -0.445 e. The van der Waals surface area contributed by atoms with E-state index in [0.29, 0.717) is 18.7 Å². The number of anilines is 2. The predicted molar refractivity (Wildman–Crippen MR) is 121 cm³/mol. The van der Waals surface area contributed by atoms with Crippen molar-refractivity contribution in [1.29, 1.82) is 5.26 Å². The van der Waals surface area contributed by atoms with Gasteiger partial charge in [-0.3, -0.25) is 9.48 Å². The number of nitrogens with two attached hydrogens (primary N) is 1. The first-order chi connectivity index (χ1) is 16.4. The Labute approximate surface area is 195 Å². The summed E-state index contributed by atoms with van der Waals surface area (Å²) in [5.41, 5.74) is 7.03. The van der Waals surface area contributed by atoms with E-state index in [0.717, 1.165) is 5.56 Å². The van der Waals surface area contributed by atoms with Gasteiger partial charge in [-0.2, -0.15) is 10.4 Å². The molecule has 1 fully saturated rings. The SMILES string of the molecule is N#C[C@H]1CCN(C(=O)OCc2ccccc2)C[C@@H]1n1cc(C(N)=O)c(Nc2ccc(F)cc2)n1. The topological polar surface area (TPSA) is 126 Å². The number of nitrogens with zero attached hydrogens (tertiary/aromatic N) is 4. The molecule has 0 unspecified atom stereocenters. The van der Waals surface area contributed by atoms with Gasteiger partial charge < -0.3 is 20.7 Å². The fourth-order valence-electron chi connectivity index (χ4n) is 3.83. The maximum Gasteiger partial charge on any atom is 0.410 e. The summed E-state index contributed by atoms with van der Waals surface area (Å²) in [6.45, 7) is 0.691. The van der Waals surface area contributed by atoms with Crippen LogP contribution in [0.3, 0.4) is 0 Å². The van der Waals surface area contributed by atoms with Gasteiger partial charge in [-0.15, -0.1) is 0 Å². The van der Waals surface area contributed by atoms with Crippen molar-refractivity contribution in [2.45, 2.75) is 19.1 Å². The highest BCUT2D eigenvalue weighted by Crippen LogP contribution is 2.30. The van der Waals surface area contributed by atoms with Gasteiger partial charge in [0, 0.05) is 25.0 Å². The average molecular weight is 462 g/mol. The molecular weight excluding hydrogens is 439 g/mol. The molecule has 34 heavy (non-hydrogen) atoms. The number of hydrogen-bond acceptors (Lipinski definition) is 6. The maximum atomic E-state index is 13.2. The summed E-state index contributed by atoms with van der Waals surface area (Å²) in [5, 5.41) is 17.1. The van der Waals surface area contributed by atoms with Crippen molar-refractivity contribution in [2.75, 3.05) is 18.4 Å². The molecule has 2 amide bonds. The number of nitrogens with one attached hydrogen (secondary N) is 1. The third kappa shape index (κ3) is 5.15. The molecule has 10 heteroatoms. The lowest BCUT2D eigenvalue weighted by molar-refractivity contribution is 0.0714. The highest BCUT2D eigenvalue weighted by atomic mass is 19.1. The number of primary amides is 1. The lowest BCUT2D eigenvalue weighted by atomic mass is 9.93. The molecule has 1 aliphatic rings. The van der Waals surface area contributed by atoms with Crippen LogP contribution in [0.25, 0.3) is 0 Å². The van der Waals surface area contributed by atoms with Crippen LogP contribution >= 0.6 is 0 Å². The van der Waals surface area contributed by atoms with E-state index >= 15 is 0 Å². The lowest BCUT2D eigenvalue weighted by Crippen LogP contribution is -2.44. The first-order valence-electron chi connectivity index (χ1n) is 10.7. The molecule has 0 spiro atoms. The molecule has 2 aromatic carbocycles. The summed E-state index contributed by atoms with van der Waals surface area (Å²) in [5.74, 6) is -1.36. The third-order valence-electron chi connectivity index (χ3n) is 5.66. The van der Waals surface area contributed by atoms with E-state index in [2.05, 4.69) is 16.5 Å². The number of piperidine rings is 1. The fraction of sp³-hybridized carbons (Fsp3) is 0.250. The number of halogens is 1. The number of likely N-dealkylation sites (tertiary alicyclic amines) is 1. The number of carbonyl (C=O) groups is 2. The van der Waals surface area contributed by atoms with Gasteiger partial charge in [0.25, 0.3) is 5.91 Å². The maximum absolute atomic E-state index is 13.2. The quantitative estimate of drug-likeness (QED) is 0.577. The summed E-state index contributed by atoms with van der Waals surface area (Å²) in [7, 11) is 0. The molecule has 4 rings (SSSR count). The monoisotopic (exact) mass is 462 g/mol. The third-order valence-corrected chi connectivity index (χ3v) is 5.66. The Morgan fingerprint density at radius 3 is 2.62 bits per heavy atom. The summed E-state index contributed by atoms with van der Waals surface area (Å²) < 4.78 is 20.1. The molecule has 3 N–H and O–H groups in total. The number of rotatable bonds is 6. The van der Waals surface area contributed by atoms with Crippen LogP contribution in [-0.4, -0.2) is 39.8 Å². The van der Waals surface area contributed by atoms with Crippen LogP contribution in [0.15, 0.2) is 60.8 Å². The number of nitriles is 1. The molecule has 3 aromatic rings. The first kappa shape index (κ1) is 22.8. The van der Waals surface area contributed by atoms with Gasteiger partial charge in [-0.05, 0) is 36.2 Å². The number of carbonyl (C=O) groups excluding carboxylic acids is 2. The van der Waals surface area contributed by atoms with E-state index in [1.165, 1.54) is 40.0 Å². The molecule has 174 valence electrons. The summed E-state index contributed by atoms with van der Waals surface area (Å²) >= 11 is 0. The number of benzene rings is 2. The van der Waals surface area contributed by atoms with Gasteiger partial charge in [-0.1, -0.05) is 30.3 Å². The number of aromatic nitrogens is 2. The van der Waals surface area contributed by atoms with Crippen LogP contribution < -0.4 is 11.1 Å². The number of ether oxygens (including phenoxy) is 1. The normalized spacial score (nSPS) is 17.6. The smallest absolute Gasteiger partial charge is 0.410 e. The minimum atomic E-state index is -0.709. The number of hydrogen-bond donors (Lipinski definition) is 2. The largest absolute Gasteiger partial charge is 0.445 e. The summed E-state index contributed by atoms with van der Waals surface area (Å²) in [6, 6.07) is 16.6. The highest BCUT2D eigenvalue weighted by molar-refractivity contribution is 5.98. The summed E-state index contributed by atoms with van der Waals surface area (Å²) in [6.07, 6.45) is 1.40. The molecule has 9 nitrogen and oxygen atoms in total. The summed E-state index contributed by atoms with van der Waals surface area (Å²) in [4.78, 5) is 26.2. The minimum absolute atomic E-state index is 0.116. The van der Waals surface area contributed by atoms with Gasteiger partial charge in [-0.25, -0.2) is 9.18 Å². The van der Waals surface area contributed by atoms with Crippen molar-refractivity contribution in [3.05, 3.63) is 77.7 Å². The van der Waals surface area contributed by atoms with Gasteiger partial charge in [0.1, 0.15) is 18.0 Å². The van der Waals surface area contributed by atoms with E-state index in [4.69, 9.17) is 10.5 Å². The Kier molecular flexibility index (Phi) is 6.73. The van der Waals surface area contributed by atoms with Crippen molar-refractivity contribution in [2.24, 2.45) is 11.7 Å². The zero-order chi connectivity index (χ0) is 24.1. The van der Waals surface area contributed by atoms with Crippen molar-refractivity contribution in [3.8, 4) is 6.07 Å². The molecule has 0 aliphatic carbocycles. The van der Waals surface area contributed by atoms with Gasteiger partial charge in [0.15, 0.2) is 5.82 Å². The van der Waals surface area contributed by atoms with Crippen molar-refractivity contribution in [1.82, 2.24) is 14.7 Å². The lowest BCUT2D eigenvalue weighted by Gasteiger charge is -2.35. The Bertz CT molecular complexity index is 1210. The van der Waals surface area contributed by atoms with Gasteiger partial charge in [0.2, 0.25) is 0 Å². The standard InChI is InChI=1S/C24H23FN6O3/c25-18-6-8-19(9-7-18)28-23-20(22(27)32)13-31(29-23)21-14-30(11-10-17(21)12-26)24(33)34-15-16-4-2-1-3-5-16/h1-9,13,17,21H,10-11,14-15H2,(H2,27,32)(H,28,29)/t17-,21+/m1/s1. The second-order valence-electron chi connectivity index (χ2n) is 7.95. The Morgan fingerprint density at radius 1 is 1.21 bits per heavy atom. The molecule has 2 heterocycles. The fourth-order valence-corrected chi connectivity index (χ4v) is 3.83. The molecule has 0 bridgehead atoms. The zero-order valence-electron chi connectivity index (χ0n) is 18.2. The Hall–Kier alpha value is -4.39. The van der Waals surface area contributed by atoms with Crippen molar-refractivity contribution < 1.29 is 18.7 Å². The first-order valence-corrected chi connectivity index (χ1v) is 10.7. The molecule has 2 atom stereocenters. The van der Waals surface area contributed by atoms with Crippen LogP contribution in [0.2, 0.25) is 0 Å². The van der Waals surface area contributed by atoms with Crippen LogP contribution in [0.1, 0.15) is 28.4 Å². The zero-order valence-corrected chi connectivity index (χ0v) is 18.2. The highest BCUT2D eigenvalue weighted by Gasteiger charge is 2.35. The predicted octanol–water partition coefficient (Wildman–Crippen LogP) is 3.59. The molecule has 1 aliphatic heterocycles. The molecule has 1 aromatic heterocycles. The van der Waals surface area contributed by atoms with Gasteiger partial charge in [0.05, 0.1) is 18.0 Å². The van der Waals surface area contributed by atoms with Crippen LogP contribution in [0.4, 0.5) is 20.7 Å².